The molecule has 5 nitrogen and oxygen atoms in total. The average molecular weight is 324 g/mol. The second kappa shape index (κ2) is 4.78. The molecule has 1 aromatic heterocycles. The van der Waals surface area contributed by atoms with Gasteiger partial charge in [-0.25, -0.2) is 15.3 Å². The highest BCUT2D eigenvalue weighted by Gasteiger charge is 2.51. The highest BCUT2D eigenvalue weighted by atomic mass is 32.1. The third kappa shape index (κ3) is 1.94. The van der Waals surface area contributed by atoms with Crippen molar-refractivity contribution in [2.24, 2.45) is 10.9 Å². The monoisotopic (exact) mass is 324 g/mol. The van der Waals surface area contributed by atoms with E-state index in [4.69, 9.17) is 9.83 Å². The molecule has 0 radical (unpaired) electrons. The minimum atomic E-state index is -0.417. The van der Waals surface area contributed by atoms with Crippen LogP contribution in [0.3, 0.4) is 0 Å². The topological polar surface area (TPSA) is 60.7 Å². The second-order valence-electron chi connectivity index (χ2n) is 6.51. The maximum Gasteiger partial charge on any atom is 0.202 e. The normalized spacial score (nSPS) is 32.0. The summed E-state index contributed by atoms with van der Waals surface area (Å²) >= 11 is 1.60. The van der Waals surface area contributed by atoms with E-state index in [1.54, 1.807) is 11.3 Å². The van der Waals surface area contributed by atoms with Gasteiger partial charge in [-0.15, -0.1) is 11.3 Å². The van der Waals surface area contributed by atoms with Gasteiger partial charge in [-0.1, -0.05) is 12.1 Å². The van der Waals surface area contributed by atoms with E-state index < -0.39 is 5.72 Å². The van der Waals surface area contributed by atoms with Crippen molar-refractivity contribution < 1.29 is 4.84 Å². The van der Waals surface area contributed by atoms with E-state index in [9.17, 15) is 5.26 Å². The van der Waals surface area contributed by atoms with Crippen LogP contribution in [0.25, 0.3) is 10.1 Å². The Morgan fingerprint density at radius 2 is 2.26 bits per heavy atom. The minimum Gasteiger partial charge on any atom is -0.298 e. The van der Waals surface area contributed by atoms with Gasteiger partial charge in [0.25, 0.3) is 0 Å². The molecule has 6 rings (SSSR count). The summed E-state index contributed by atoms with van der Waals surface area (Å²) < 4.78 is 1.02. The van der Waals surface area contributed by atoms with E-state index in [1.807, 2.05) is 18.2 Å². The molecule has 2 aromatic rings. The predicted molar refractivity (Wildman–Crippen MR) is 89.2 cm³/mol. The Kier molecular flexibility index (Phi) is 2.80. The molecule has 1 aromatic carbocycles. The first-order valence-electron chi connectivity index (χ1n) is 7.97. The number of nitrogens with zero attached hydrogens (tertiary/aromatic N) is 3. The fourth-order valence-corrected chi connectivity index (χ4v) is 5.04. The second-order valence-corrected chi connectivity index (χ2v) is 7.56. The SMILES string of the molecule is N#Cc1cccc2cc(C3=N[C@]4(CN5CCC4CC5)ON3)sc12. The Bertz CT molecular complexity index is 859. The van der Waals surface area contributed by atoms with E-state index in [0.29, 0.717) is 5.92 Å². The van der Waals surface area contributed by atoms with E-state index >= 15 is 0 Å². The Morgan fingerprint density at radius 1 is 1.39 bits per heavy atom. The van der Waals surface area contributed by atoms with Crippen molar-refractivity contribution in [3.63, 3.8) is 0 Å². The fourth-order valence-electron chi connectivity index (χ4n) is 3.98. The Hall–Kier alpha value is -1.94. The molecule has 6 heteroatoms. The molecule has 4 aliphatic rings. The number of rotatable bonds is 1. The summed E-state index contributed by atoms with van der Waals surface area (Å²) in [6, 6.07) is 10.2. The van der Waals surface area contributed by atoms with Crippen LogP contribution >= 0.6 is 11.3 Å². The van der Waals surface area contributed by atoms with E-state index in [2.05, 4.69) is 22.5 Å². The maximum atomic E-state index is 9.26. The average Bonchev–Trinajstić information content (AvgIpc) is 3.20. The lowest BCUT2D eigenvalue weighted by atomic mass is 9.81. The van der Waals surface area contributed by atoms with E-state index in [-0.39, 0.29) is 0 Å². The molecular formula is C17H16N4OS. The van der Waals surface area contributed by atoms with Gasteiger partial charge in [0, 0.05) is 5.92 Å². The van der Waals surface area contributed by atoms with Crippen LogP contribution in [-0.2, 0) is 4.84 Å². The number of hydrogen-bond donors (Lipinski definition) is 1. The quantitative estimate of drug-likeness (QED) is 0.875. The van der Waals surface area contributed by atoms with Crippen molar-refractivity contribution in [1.82, 2.24) is 10.4 Å². The molecule has 23 heavy (non-hydrogen) atoms. The van der Waals surface area contributed by atoms with Crippen LogP contribution in [0.2, 0.25) is 0 Å². The van der Waals surface area contributed by atoms with Crippen molar-refractivity contribution >= 4 is 27.3 Å². The van der Waals surface area contributed by atoms with Gasteiger partial charge in [-0.2, -0.15) is 5.26 Å². The summed E-state index contributed by atoms with van der Waals surface area (Å²) in [5, 5.41) is 10.3. The Labute approximate surface area is 138 Å². The van der Waals surface area contributed by atoms with Crippen molar-refractivity contribution in [3.8, 4) is 6.07 Å². The molecule has 3 saturated heterocycles. The summed E-state index contributed by atoms with van der Waals surface area (Å²) in [4.78, 5) is 14.4. The van der Waals surface area contributed by atoms with Crippen molar-refractivity contribution in [2.75, 3.05) is 19.6 Å². The molecule has 1 spiro atoms. The number of aliphatic imine (C=N–C) groups is 1. The fraction of sp³-hybridized carbons (Fsp3) is 0.412. The highest BCUT2D eigenvalue weighted by Crippen LogP contribution is 2.41. The summed E-state index contributed by atoms with van der Waals surface area (Å²) in [5.74, 6) is 1.31. The number of nitrogens with one attached hydrogen (secondary N) is 1. The summed E-state index contributed by atoms with van der Waals surface area (Å²) in [7, 11) is 0. The number of thiophene rings is 1. The van der Waals surface area contributed by atoms with Gasteiger partial charge in [0.1, 0.15) is 6.07 Å². The van der Waals surface area contributed by atoms with Crippen molar-refractivity contribution in [3.05, 3.63) is 34.7 Å². The third-order valence-electron chi connectivity index (χ3n) is 5.20. The molecule has 0 unspecified atom stereocenters. The molecule has 116 valence electrons. The number of amidine groups is 1. The number of hydroxylamine groups is 1. The van der Waals surface area contributed by atoms with Crippen LogP contribution < -0.4 is 5.48 Å². The lowest BCUT2D eigenvalue weighted by Crippen LogP contribution is -2.58. The highest BCUT2D eigenvalue weighted by molar-refractivity contribution is 7.21. The summed E-state index contributed by atoms with van der Waals surface area (Å²) in [6.45, 7) is 3.20. The largest absolute Gasteiger partial charge is 0.298 e. The van der Waals surface area contributed by atoms with Gasteiger partial charge >= 0.3 is 0 Å². The molecule has 0 saturated carbocycles. The maximum absolute atomic E-state index is 9.26. The summed E-state index contributed by atoms with van der Waals surface area (Å²) in [6.07, 6.45) is 2.31. The lowest BCUT2D eigenvalue weighted by molar-refractivity contribution is -0.155. The molecule has 4 aliphatic heterocycles. The zero-order chi connectivity index (χ0) is 15.4. The van der Waals surface area contributed by atoms with Crippen LogP contribution in [0.1, 0.15) is 23.3 Å². The molecule has 1 N–H and O–H groups in total. The van der Waals surface area contributed by atoms with Gasteiger partial charge in [0.15, 0.2) is 5.84 Å². The molecule has 3 fully saturated rings. The van der Waals surface area contributed by atoms with Crippen LogP contribution in [0.5, 0.6) is 0 Å². The van der Waals surface area contributed by atoms with Gasteiger partial charge in [0.2, 0.25) is 5.72 Å². The number of fused-ring (bicyclic) bond motifs is 3. The van der Waals surface area contributed by atoms with Gasteiger partial charge in [0.05, 0.1) is 21.7 Å². The Morgan fingerprint density at radius 3 is 3.00 bits per heavy atom. The van der Waals surface area contributed by atoms with Crippen LogP contribution in [0, 0.1) is 17.2 Å². The van der Waals surface area contributed by atoms with Crippen LogP contribution in [0.15, 0.2) is 29.3 Å². The first-order chi connectivity index (χ1) is 11.3. The van der Waals surface area contributed by atoms with Gasteiger partial charge in [-0.3, -0.25) is 4.90 Å². The van der Waals surface area contributed by atoms with Crippen molar-refractivity contribution in [2.45, 2.75) is 18.6 Å². The number of piperidine rings is 3. The third-order valence-corrected chi connectivity index (χ3v) is 6.39. The first-order valence-corrected chi connectivity index (χ1v) is 8.78. The molecule has 5 heterocycles. The first kappa shape index (κ1) is 13.5. The van der Waals surface area contributed by atoms with Gasteiger partial charge < -0.3 is 0 Å². The smallest absolute Gasteiger partial charge is 0.202 e. The number of nitriles is 1. The molecule has 0 aliphatic carbocycles. The standard InChI is InChI=1S/C17H16N4OS/c18-9-12-3-1-2-11-8-14(23-15(11)12)16-19-17(22-20-16)10-21-6-4-13(17)5-7-21/h1-3,8,13H,4-7,10H2,(H,19,20)/t17-/m1/s1. The minimum absolute atomic E-state index is 0.417. The van der Waals surface area contributed by atoms with Crippen molar-refractivity contribution in [1.29, 1.82) is 5.26 Å². The van der Waals surface area contributed by atoms with Gasteiger partial charge in [-0.05, 0) is 43.5 Å². The zero-order valence-electron chi connectivity index (χ0n) is 12.6. The van der Waals surface area contributed by atoms with E-state index in [0.717, 1.165) is 58.8 Å². The van der Waals surface area contributed by atoms with Crippen LogP contribution in [-0.4, -0.2) is 36.1 Å². The lowest BCUT2D eigenvalue weighted by Gasteiger charge is -2.47. The van der Waals surface area contributed by atoms with E-state index in [1.165, 1.54) is 0 Å². The molecular weight excluding hydrogens is 308 g/mol. The predicted octanol–water partition coefficient (Wildman–Crippen LogP) is 2.48. The number of benzene rings is 1. The molecule has 1 atom stereocenters. The number of hydrogen-bond acceptors (Lipinski definition) is 6. The van der Waals surface area contributed by atoms with Crippen LogP contribution in [0.4, 0.5) is 0 Å². The molecule has 0 amide bonds. The molecule has 2 bridgehead atoms. The summed E-state index contributed by atoms with van der Waals surface area (Å²) in [5.41, 5.74) is 3.37. The Balaban J connectivity index is 1.56. The zero-order valence-corrected chi connectivity index (χ0v) is 13.4.